The highest BCUT2D eigenvalue weighted by molar-refractivity contribution is 6.92. The molecule has 0 saturated heterocycles. The van der Waals surface area contributed by atoms with Crippen LogP contribution in [-0.2, 0) is 0 Å². The summed E-state index contributed by atoms with van der Waals surface area (Å²) in [6, 6.07) is 0. The van der Waals surface area contributed by atoms with Crippen LogP contribution in [0.3, 0.4) is 0 Å². The molecule has 0 aromatic heterocycles. The maximum absolute atomic E-state index is 6.47. The van der Waals surface area contributed by atoms with E-state index in [0.717, 1.165) is 0 Å². The Hall–Kier alpha value is 1.18. The zero-order valence-electron chi connectivity index (χ0n) is 3.18. The van der Waals surface area contributed by atoms with E-state index in [2.05, 4.69) is 35.6 Å². The van der Waals surface area contributed by atoms with Gasteiger partial charge >= 0.3 is 0 Å². The Bertz CT molecular complexity index is 10.1. The molecule has 0 aromatic rings. The molecule has 50 valence electrons. The fourth-order valence-corrected chi connectivity index (χ4v) is 0. The van der Waals surface area contributed by atoms with Crippen molar-refractivity contribution in [3.05, 3.63) is 0 Å². The Morgan fingerprint density at radius 3 is 0.571 bits per heavy atom. The number of hydrogen-bond donors (Lipinski definition) is 3. The van der Waals surface area contributed by atoms with Crippen LogP contribution < -0.4 is 0 Å². The minimum absolute atomic E-state index is 0. The topological polar surface area (TPSA) is 60.7 Å². The molecule has 0 heterocycles. The molecule has 0 amide bonds. The summed E-state index contributed by atoms with van der Waals surface area (Å²) in [6.07, 6.45) is 0. The van der Waals surface area contributed by atoms with E-state index >= 15 is 0 Å². The third-order valence-corrected chi connectivity index (χ3v) is 0. The highest BCUT2D eigenvalue weighted by atomic mass is 35.5. The van der Waals surface area contributed by atoms with E-state index in [9.17, 15) is 0 Å². The Labute approximate surface area is 59.9 Å². The van der Waals surface area contributed by atoms with Crippen molar-refractivity contribution >= 4 is 45.5 Å². The summed E-state index contributed by atoms with van der Waals surface area (Å²) in [4.78, 5) is 0. The molecule has 1 unspecified atom stereocenters. The van der Waals surface area contributed by atoms with Crippen LogP contribution >= 0.6 is 45.5 Å². The van der Waals surface area contributed by atoms with Crippen LogP contribution in [-0.4, -0.2) is 14.0 Å². The van der Waals surface area contributed by atoms with E-state index in [1.807, 2.05) is 0 Å². The van der Waals surface area contributed by atoms with Gasteiger partial charge in [-0.1, -0.05) is 0 Å². The van der Waals surface area contributed by atoms with Crippen LogP contribution in [0.2, 0.25) is 0 Å². The van der Waals surface area contributed by atoms with Gasteiger partial charge < -0.3 is 0 Å². The third kappa shape index (κ3) is 138. The van der Waals surface area contributed by atoms with Gasteiger partial charge in [0, 0.05) is 0 Å². The summed E-state index contributed by atoms with van der Waals surface area (Å²) in [7, 11) is 0. The third-order valence-electron chi connectivity index (χ3n) is 0. The standard InChI is InChI=1S/3ClHO.H3P/c3*1-2;/h3*2H;1H3. The first-order chi connectivity index (χ1) is 3.00. The molecule has 0 saturated carbocycles. The fourth-order valence-electron chi connectivity index (χ4n) is 0. The second kappa shape index (κ2) is 197. The van der Waals surface area contributed by atoms with Gasteiger partial charge in [0.1, 0.15) is 0 Å². The van der Waals surface area contributed by atoms with Gasteiger partial charge in [-0.05, 0) is 0 Å². The molecule has 0 spiro atoms. The number of rotatable bonds is 0. The molecule has 0 aromatic carbocycles. The minimum atomic E-state index is 0. The number of halogens is 3. The molecule has 7 heteroatoms. The van der Waals surface area contributed by atoms with Crippen LogP contribution in [0.25, 0.3) is 0 Å². The summed E-state index contributed by atoms with van der Waals surface area (Å²) < 4.78 is 19.4. The van der Waals surface area contributed by atoms with Crippen LogP contribution in [0.5, 0.6) is 0 Å². The summed E-state index contributed by atoms with van der Waals surface area (Å²) in [5.41, 5.74) is 0. The highest BCUT2D eigenvalue weighted by Gasteiger charge is 0.901. The predicted molar refractivity (Wildman–Crippen MR) is 35.3 cm³/mol. The predicted octanol–water partition coefficient (Wildman–Crippen LogP) is 0.456. The van der Waals surface area contributed by atoms with E-state index in [-0.39, 0.29) is 9.90 Å². The Morgan fingerprint density at radius 2 is 0.571 bits per heavy atom. The molecule has 3 N–H and O–H groups in total. The average Bonchev–Trinajstić information content (AvgIpc) is 1.81. The van der Waals surface area contributed by atoms with Crippen molar-refractivity contribution in [3.63, 3.8) is 0 Å². The normalized spacial score (nSPS) is 2.57. The lowest BCUT2D eigenvalue weighted by Crippen LogP contribution is -0.913. The first kappa shape index (κ1) is 24.1. The summed E-state index contributed by atoms with van der Waals surface area (Å²) in [6.45, 7) is 0. The van der Waals surface area contributed by atoms with Gasteiger partial charge in [0.2, 0.25) is 0 Å². The molecule has 1 atom stereocenters. The molecular formula is H6Cl3O3P. The van der Waals surface area contributed by atoms with Crippen molar-refractivity contribution in [2.24, 2.45) is 0 Å². The van der Waals surface area contributed by atoms with E-state index < -0.39 is 0 Å². The lowest BCUT2D eigenvalue weighted by Gasteiger charge is -1.13. The molecule has 0 aliphatic heterocycles. The first-order valence-electron chi connectivity index (χ1n) is 0.507. The van der Waals surface area contributed by atoms with Gasteiger partial charge in [-0.2, -0.15) is 9.90 Å². The summed E-state index contributed by atoms with van der Waals surface area (Å²) in [5.74, 6) is 0. The zero-order chi connectivity index (χ0) is 6.00. The SMILES string of the molecule is OCl.OCl.OCl.P. The molecule has 0 radical (unpaired) electrons. The Kier molecular flexibility index (Phi) is 679. The molecule has 7 heavy (non-hydrogen) atoms. The Morgan fingerprint density at radius 1 is 0.571 bits per heavy atom. The van der Waals surface area contributed by atoms with Gasteiger partial charge in [0.05, 0.1) is 35.6 Å². The first-order valence-corrected chi connectivity index (χ1v) is 1.52. The summed E-state index contributed by atoms with van der Waals surface area (Å²) >= 11 is 10.9. The van der Waals surface area contributed by atoms with E-state index in [1.165, 1.54) is 0 Å². The molecular weight excluding hydrogens is 185 g/mol. The fraction of sp³-hybridized carbons (Fsp3) is 0. The van der Waals surface area contributed by atoms with E-state index in [1.54, 1.807) is 0 Å². The van der Waals surface area contributed by atoms with Gasteiger partial charge in [-0.25, -0.2) is 0 Å². The van der Waals surface area contributed by atoms with Crippen molar-refractivity contribution in [2.45, 2.75) is 0 Å². The molecule has 0 fully saturated rings. The zero-order valence-corrected chi connectivity index (χ0v) is 6.86. The van der Waals surface area contributed by atoms with Crippen LogP contribution in [0, 0.1) is 0 Å². The van der Waals surface area contributed by atoms with Crippen LogP contribution in [0.4, 0.5) is 0 Å². The second-order valence-corrected chi connectivity index (χ2v) is 0. The van der Waals surface area contributed by atoms with Crippen LogP contribution in [0.15, 0.2) is 0 Å². The minimum Gasteiger partial charge on any atom is -0.295 e. The molecule has 0 aliphatic carbocycles. The quantitative estimate of drug-likeness (QED) is 0.487. The van der Waals surface area contributed by atoms with Crippen molar-refractivity contribution in [1.29, 1.82) is 0 Å². The van der Waals surface area contributed by atoms with Gasteiger partial charge in [0.15, 0.2) is 0 Å². The van der Waals surface area contributed by atoms with Crippen molar-refractivity contribution in [1.82, 2.24) is 0 Å². The molecule has 0 aliphatic rings. The largest absolute Gasteiger partial charge is 0.295 e. The van der Waals surface area contributed by atoms with E-state index in [0.29, 0.717) is 0 Å². The van der Waals surface area contributed by atoms with Crippen molar-refractivity contribution in [2.75, 3.05) is 0 Å². The number of hydrogen-bond acceptors (Lipinski definition) is 3. The van der Waals surface area contributed by atoms with Crippen molar-refractivity contribution in [3.8, 4) is 0 Å². The molecule has 3 nitrogen and oxygen atoms in total. The average molecular weight is 191 g/mol. The van der Waals surface area contributed by atoms with Crippen LogP contribution in [0.1, 0.15) is 0 Å². The van der Waals surface area contributed by atoms with Crippen molar-refractivity contribution < 1.29 is 14.0 Å². The smallest absolute Gasteiger partial charge is 0.0579 e. The maximum Gasteiger partial charge on any atom is 0.0579 e. The lowest BCUT2D eigenvalue weighted by atomic mass is 15.9. The maximum atomic E-state index is 6.47. The monoisotopic (exact) mass is 190 g/mol. The van der Waals surface area contributed by atoms with E-state index in [4.69, 9.17) is 14.0 Å². The second-order valence-electron chi connectivity index (χ2n) is 0. The molecule has 0 bridgehead atoms. The van der Waals surface area contributed by atoms with Gasteiger partial charge in [-0.3, -0.25) is 14.0 Å². The highest BCUT2D eigenvalue weighted by Crippen LogP contribution is 1.32. The Balaban J connectivity index is -0.00000000900. The van der Waals surface area contributed by atoms with Gasteiger partial charge in [0.25, 0.3) is 0 Å². The molecule has 0 rings (SSSR count). The summed E-state index contributed by atoms with van der Waals surface area (Å²) in [5, 5.41) is 0. The lowest BCUT2D eigenvalue weighted by molar-refractivity contribution is 0.632. The van der Waals surface area contributed by atoms with Gasteiger partial charge in [-0.15, -0.1) is 0 Å².